The van der Waals surface area contributed by atoms with E-state index in [1.165, 1.54) is 0 Å². The van der Waals surface area contributed by atoms with Gasteiger partial charge in [-0.25, -0.2) is 0 Å². The van der Waals surface area contributed by atoms with Gasteiger partial charge < -0.3 is 15.5 Å². The number of hydrogen-bond acceptors (Lipinski definition) is 6. The SMILES string of the molecule is Cc1cncc(CNC(=O)C2=C3Nc4ccccc4C34NCN(c3ccncc3)C4C=C2)c1. The average Bonchev–Trinajstić information content (AvgIpc) is 3.40. The molecule has 1 aliphatic carbocycles. The highest BCUT2D eigenvalue weighted by atomic mass is 16.1. The van der Waals surface area contributed by atoms with E-state index >= 15 is 0 Å². The van der Waals surface area contributed by atoms with Crippen molar-refractivity contribution in [3.63, 3.8) is 0 Å². The summed E-state index contributed by atoms with van der Waals surface area (Å²) in [5, 5.41) is 10.4. The Morgan fingerprint density at radius 1 is 1.18 bits per heavy atom. The van der Waals surface area contributed by atoms with Crippen LogP contribution in [0.1, 0.15) is 16.7 Å². The van der Waals surface area contributed by atoms with E-state index < -0.39 is 5.54 Å². The Kier molecular flexibility index (Phi) is 4.52. The zero-order valence-corrected chi connectivity index (χ0v) is 18.2. The minimum Gasteiger partial charge on any atom is -0.356 e. The molecular formula is C26H24N6O. The number of rotatable bonds is 4. The summed E-state index contributed by atoms with van der Waals surface area (Å²) >= 11 is 0. The Hall–Kier alpha value is -3.97. The molecule has 3 N–H and O–H groups in total. The Morgan fingerprint density at radius 2 is 2.03 bits per heavy atom. The summed E-state index contributed by atoms with van der Waals surface area (Å²) in [6.45, 7) is 3.08. The molecule has 164 valence electrons. The van der Waals surface area contributed by atoms with Gasteiger partial charge in [-0.05, 0) is 42.3 Å². The second-order valence-electron chi connectivity index (χ2n) is 8.63. The van der Waals surface area contributed by atoms with Crippen molar-refractivity contribution in [2.24, 2.45) is 0 Å². The number of carbonyl (C=O) groups excluding carboxylic acids is 1. The van der Waals surface area contributed by atoms with Crippen LogP contribution in [0.4, 0.5) is 11.4 Å². The van der Waals surface area contributed by atoms with Gasteiger partial charge in [0.2, 0.25) is 0 Å². The molecule has 7 heteroatoms. The van der Waals surface area contributed by atoms with E-state index in [0.29, 0.717) is 18.8 Å². The van der Waals surface area contributed by atoms with E-state index in [4.69, 9.17) is 0 Å². The maximum Gasteiger partial charge on any atom is 0.253 e. The van der Waals surface area contributed by atoms with Crippen LogP contribution in [0.25, 0.3) is 0 Å². The van der Waals surface area contributed by atoms with E-state index in [0.717, 1.165) is 33.8 Å². The van der Waals surface area contributed by atoms with Crippen LogP contribution in [0.15, 0.2) is 90.7 Å². The quantitative estimate of drug-likeness (QED) is 0.583. The van der Waals surface area contributed by atoms with Crippen molar-refractivity contribution in [1.29, 1.82) is 0 Å². The molecule has 1 saturated heterocycles. The molecule has 2 unspecified atom stereocenters. The molecule has 0 radical (unpaired) electrons. The molecule has 1 aromatic carbocycles. The van der Waals surface area contributed by atoms with Crippen molar-refractivity contribution in [2.45, 2.75) is 25.0 Å². The van der Waals surface area contributed by atoms with Gasteiger partial charge in [0.1, 0.15) is 5.54 Å². The summed E-state index contributed by atoms with van der Waals surface area (Å²) < 4.78 is 0. The van der Waals surface area contributed by atoms with Crippen LogP contribution < -0.4 is 20.9 Å². The average molecular weight is 437 g/mol. The first kappa shape index (κ1) is 19.7. The Balaban J connectivity index is 1.38. The molecule has 3 aliphatic rings. The first-order chi connectivity index (χ1) is 16.2. The molecule has 33 heavy (non-hydrogen) atoms. The van der Waals surface area contributed by atoms with Gasteiger partial charge in [-0.15, -0.1) is 0 Å². The highest BCUT2D eigenvalue weighted by molar-refractivity contribution is 5.99. The maximum absolute atomic E-state index is 13.4. The minimum atomic E-state index is -0.522. The molecule has 1 spiro atoms. The number of amides is 1. The Labute approximate surface area is 192 Å². The standard InChI is InChI=1S/C26H24N6O/c1-17-12-18(14-28-13-17)15-29-25(33)20-6-7-23-26(21-4-2-3-5-22(21)31-24(20)26)30-16-32(23)19-8-10-27-11-9-19/h2-14,23,30-31H,15-16H2,1H3,(H,29,33). The van der Waals surface area contributed by atoms with Gasteiger partial charge in [0.25, 0.3) is 5.91 Å². The molecule has 2 aliphatic heterocycles. The smallest absolute Gasteiger partial charge is 0.253 e. The molecule has 7 nitrogen and oxygen atoms in total. The maximum atomic E-state index is 13.4. The number of carbonyl (C=O) groups is 1. The monoisotopic (exact) mass is 436 g/mol. The van der Waals surface area contributed by atoms with Crippen molar-refractivity contribution >= 4 is 17.3 Å². The van der Waals surface area contributed by atoms with Crippen LogP contribution in [-0.4, -0.2) is 28.6 Å². The highest BCUT2D eigenvalue weighted by Gasteiger charge is 2.56. The van der Waals surface area contributed by atoms with Crippen molar-refractivity contribution in [2.75, 3.05) is 16.9 Å². The number of hydrogen-bond donors (Lipinski definition) is 3. The van der Waals surface area contributed by atoms with Crippen molar-refractivity contribution in [1.82, 2.24) is 20.6 Å². The molecule has 2 atom stereocenters. The van der Waals surface area contributed by atoms with E-state index in [9.17, 15) is 4.79 Å². The summed E-state index contributed by atoms with van der Waals surface area (Å²) in [4.78, 5) is 24.1. The van der Waals surface area contributed by atoms with Crippen molar-refractivity contribution in [3.8, 4) is 0 Å². The van der Waals surface area contributed by atoms with Gasteiger partial charge in [0, 0.05) is 48.3 Å². The Bertz CT molecular complexity index is 1300. The summed E-state index contributed by atoms with van der Waals surface area (Å²) in [6, 6.07) is 14.4. The second-order valence-corrected chi connectivity index (χ2v) is 8.63. The Morgan fingerprint density at radius 3 is 2.88 bits per heavy atom. The number of para-hydroxylation sites is 1. The first-order valence-corrected chi connectivity index (χ1v) is 11.1. The fourth-order valence-corrected chi connectivity index (χ4v) is 5.21. The minimum absolute atomic E-state index is 0.0172. The number of benzene rings is 1. The predicted molar refractivity (Wildman–Crippen MR) is 127 cm³/mol. The van der Waals surface area contributed by atoms with Gasteiger partial charge in [0.05, 0.1) is 24.0 Å². The predicted octanol–water partition coefficient (Wildman–Crippen LogP) is 2.98. The number of aromatic nitrogens is 2. The summed E-state index contributed by atoms with van der Waals surface area (Å²) in [6.07, 6.45) is 11.3. The van der Waals surface area contributed by atoms with Crippen LogP contribution in [0.5, 0.6) is 0 Å². The van der Waals surface area contributed by atoms with Crippen molar-refractivity contribution in [3.05, 3.63) is 107 Å². The van der Waals surface area contributed by atoms with Gasteiger partial charge in [-0.2, -0.15) is 0 Å². The van der Waals surface area contributed by atoms with Crippen LogP contribution >= 0.6 is 0 Å². The van der Waals surface area contributed by atoms with Gasteiger partial charge in [-0.3, -0.25) is 20.1 Å². The van der Waals surface area contributed by atoms with Gasteiger partial charge in [0.15, 0.2) is 0 Å². The third-order valence-corrected chi connectivity index (χ3v) is 6.65. The molecule has 0 saturated carbocycles. The molecule has 0 bridgehead atoms. The lowest BCUT2D eigenvalue weighted by molar-refractivity contribution is -0.117. The molecule has 1 fully saturated rings. The number of nitrogens with one attached hydrogen (secondary N) is 3. The molecule has 6 rings (SSSR count). The van der Waals surface area contributed by atoms with Crippen LogP contribution in [0, 0.1) is 6.92 Å². The molecular weight excluding hydrogens is 412 g/mol. The zero-order valence-electron chi connectivity index (χ0n) is 18.2. The largest absolute Gasteiger partial charge is 0.356 e. The van der Waals surface area contributed by atoms with Gasteiger partial charge >= 0.3 is 0 Å². The molecule has 1 amide bonds. The van der Waals surface area contributed by atoms with E-state index in [1.54, 1.807) is 6.20 Å². The third kappa shape index (κ3) is 3.04. The van der Waals surface area contributed by atoms with Crippen LogP contribution in [-0.2, 0) is 16.9 Å². The van der Waals surface area contributed by atoms with Gasteiger partial charge in [-0.1, -0.05) is 30.3 Å². The topological polar surface area (TPSA) is 82.2 Å². The lowest BCUT2D eigenvalue weighted by Gasteiger charge is -2.37. The van der Waals surface area contributed by atoms with E-state index in [1.807, 2.05) is 55.9 Å². The first-order valence-electron chi connectivity index (χ1n) is 11.1. The number of nitrogens with zero attached hydrogens (tertiary/aromatic N) is 3. The zero-order chi connectivity index (χ0) is 22.4. The van der Waals surface area contributed by atoms with Crippen molar-refractivity contribution < 1.29 is 4.79 Å². The fourth-order valence-electron chi connectivity index (χ4n) is 5.21. The summed E-state index contributed by atoms with van der Waals surface area (Å²) in [5.41, 5.74) is 6.34. The van der Waals surface area contributed by atoms with E-state index in [-0.39, 0.29) is 11.9 Å². The number of anilines is 2. The summed E-state index contributed by atoms with van der Waals surface area (Å²) in [7, 11) is 0. The van der Waals surface area contributed by atoms with Crippen LogP contribution in [0.3, 0.4) is 0 Å². The number of aryl methyl sites for hydroxylation is 1. The number of fused-ring (bicyclic) bond motifs is 1. The number of pyridine rings is 2. The molecule has 3 aromatic rings. The molecule has 2 aromatic heterocycles. The highest BCUT2D eigenvalue weighted by Crippen LogP contribution is 2.51. The molecule has 4 heterocycles. The lowest BCUT2D eigenvalue weighted by atomic mass is 9.77. The fraction of sp³-hybridized carbons (Fsp3) is 0.192. The third-order valence-electron chi connectivity index (χ3n) is 6.65. The van der Waals surface area contributed by atoms with E-state index in [2.05, 4.69) is 55.1 Å². The lowest BCUT2D eigenvalue weighted by Crippen LogP contribution is -2.49. The second kappa shape index (κ2) is 7.56. The van der Waals surface area contributed by atoms with Crippen LogP contribution in [0.2, 0.25) is 0 Å². The normalized spacial score (nSPS) is 22.5. The summed E-state index contributed by atoms with van der Waals surface area (Å²) in [5.74, 6) is -0.106.